The largest absolute Gasteiger partial charge is 0.487 e. The van der Waals surface area contributed by atoms with Crippen molar-refractivity contribution >= 4 is 17.0 Å². The lowest BCUT2D eigenvalue weighted by Crippen LogP contribution is -2.28. The standard InChI is InChI=1S/C21H23N6O3/c1-2-28-9-10-30-18-11-17-21(26-20(18)25-16-5-7-29-8-6-16)27(14-24-17)19-4-3-15(12-22)13-23-19/h3-4,11,13-14,16H,1-2,5-10H2,(H,25,26). The van der Waals surface area contributed by atoms with Gasteiger partial charge in [0, 0.05) is 38.1 Å². The number of pyridine rings is 2. The zero-order chi connectivity index (χ0) is 20.8. The Morgan fingerprint density at radius 1 is 1.27 bits per heavy atom. The molecular formula is C21H23N6O3. The molecule has 1 saturated heterocycles. The molecule has 0 saturated carbocycles. The first-order valence-corrected chi connectivity index (χ1v) is 9.87. The molecule has 0 spiro atoms. The van der Waals surface area contributed by atoms with Crippen molar-refractivity contribution in [3.8, 4) is 17.6 Å². The van der Waals surface area contributed by atoms with E-state index in [9.17, 15) is 0 Å². The van der Waals surface area contributed by atoms with Gasteiger partial charge in [0.1, 0.15) is 30.3 Å². The summed E-state index contributed by atoms with van der Waals surface area (Å²) < 4.78 is 18.4. The van der Waals surface area contributed by atoms with Gasteiger partial charge < -0.3 is 19.5 Å². The summed E-state index contributed by atoms with van der Waals surface area (Å²) in [6, 6.07) is 7.69. The van der Waals surface area contributed by atoms with E-state index in [0.717, 1.165) is 26.1 Å². The van der Waals surface area contributed by atoms with Crippen molar-refractivity contribution in [1.82, 2.24) is 19.5 Å². The quantitative estimate of drug-likeness (QED) is 0.568. The predicted octanol–water partition coefficient (Wildman–Crippen LogP) is 2.51. The minimum Gasteiger partial charge on any atom is -0.487 e. The van der Waals surface area contributed by atoms with Gasteiger partial charge in [0.05, 0.1) is 12.2 Å². The van der Waals surface area contributed by atoms with Gasteiger partial charge in [-0.25, -0.2) is 15.0 Å². The van der Waals surface area contributed by atoms with Crippen LogP contribution < -0.4 is 10.1 Å². The Balaban J connectivity index is 1.66. The van der Waals surface area contributed by atoms with Crippen molar-refractivity contribution in [3.05, 3.63) is 43.2 Å². The van der Waals surface area contributed by atoms with Gasteiger partial charge in [-0.05, 0) is 31.9 Å². The van der Waals surface area contributed by atoms with Crippen LogP contribution in [0.3, 0.4) is 0 Å². The Hall–Kier alpha value is -3.22. The van der Waals surface area contributed by atoms with Crippen LogP contribution in [0.15, 0.2) is 30.7 Å². The Morgan fingerprint density at radius 3 is 2.87 bits per heavy atom. The molecule has 1 fully saturated rings. The SMILES string of the molecule is [CH2]COCCOc1cc2ncn(-c3ccc(C#N)cn3)c2nc1NC1CCOCC1. The average Bonchev–Trinajstić information content (AvgIpc) is 3.20. The van der Waals surface area contributed by atoms with Crippen molar-refractivity contribution in [2.24, 2.45) is 0 Å². The van der Waals surface area contributed by atoms with E-state index in [4.69, 9.17) is 24.5 Å². The average molecular weight is 407 g/mol. The number of nitrogens with one attached hydrogen (secondary N) is 1. The number of nitriles is 1. The van der Waals surface area contributed by atoms with E-state index in [1.165, 1.54) is 6.20 Å². The maximum absolute atomic E-state index is 8.99. The molecule has 3 aromatic rings. The van der Waals surface area contributed by atoms with Gasteiger partial charge in [0.15, 0.2) is 17.2 Å². The summed E-state index contributed by atoms with van der Waals surface area (Å²) >= 11 is 0. The Morgan fingerprint density at radius 2 is 2.13 bits per heavy atom. The molecule has 0 bridgehead atoms. The molecule has 1 aliphatic heterocycles. The van der Waals surface area contributed by atoms with Crippen LogP contribution in [-0.4, -0.2) is 58.6 Å². The lowest BCUT2D eigenvalue weighted by molar-refractivity contribution is 0.0902. The number of fused-ring (bicyclic) bond motifs is 1. The molecule has 0 amide bonds. The monoisotopic (exact) mass is 407 g/mol. The molecule has 3 aromatic heterocycles. The highest BCUT2D eigenvalue weighted by molar-refractivity contribution is 5.78. The molecule has 0 aliphatic carbocycles. The summed E-state index contributed by atoms with van der Waals surface area (Å²) in [4.78, 5) is 13.6. The summed E-state index contributed by atoms with van der Waals surface area (Å²) in [7, 11) is 0. The number of nitrogens with zero attached hydrogens (tertiary/aromatic N) is 5. The second-order valence-electron chi connectivity index (χ2n) is 6.80. The molecule has 9 nitrogen and oxygen atoms in total. The summed E-state index contributed by atoms with van der Waals surface area (Å²) in [5.74, 6) is 1.91. The summed E-state index contributed by atoms with van der Waals surface area (Å²) in [5, 5.41) is 12.5. The van der Waals surface area contributed by atoms with Gasteiger partial charge in [0.2, 0.25) is 0 Å². The van der Waals surface area contributed by atoms with E-state index < -0.39 is 0 Å². The highest BCUT2D eigenvalue weighted by Crippen LogP contribution is 2.29. The third-order valence-electron chi connectivity index (χ3n) is 4.80. The van der Waals surface area contributed by atoms with Gasteiger partial charge in [-0.2, -0.15) is 5.26 Å². The predicted molar refractivity (Wildman–Crippen MR) is 111 cm³/mol. The maximum atomic E-state index is 8.99. The van der Waals surface area contributed by atoms with E-state index >= 15 is 0 Å². The maximum Gasteiger partial charge on any atom is 0.171 e. The van der Waals surface area contributed by atoms with Crippen molar-refractivity contribution in [3.63, 3.8) is 0 Å². The summed E-state index contributed by atoms with van der Waals surface area (Å²) in [6.07, 6.45) is 5.00. The molecule has 0 atom stereocenters. The minimum atomic E-state index is 0.256. The van der Waals surface area contributed by atoms with E-state index in [2.05, 4.69) is 28.3 Å². The Kier molecular flexibility index (Phi) is 6.37. The lowest BCUT2D eigenvalue weighted by atomic mass is 10.1. The number of ether oxygens (including phenoxy) is 3. The van der Waals surface area contributed by atoms with Gasteiger partial charge >= 0.3 is 0 Å². The van der Waals surface area contributed by atoms with Crippen LogP contribution in [0.25, 0.3) is 17.0 Å². The van der Waals surface area contributed by atoms with Crippen LogP contribution in [0.5, 0.6) is 5.75 Å². The molecule has 1 radical (unpaired) electrons. The van der Waals surface area contributed by atoms with Crippen LogP contribution >= 0.6 is 0 Å². The van der Waals surface area contributed by atoms with Crippen molar-refractivity contribution in [1.29, 1.82) is 5.26 Å². The number of anilines is 1. The molecule has 4 heterocycles. The lowest BCUT2D eigenvalue weighted by Gasteiger charge is -2.24. The van der Waals surface area contributed by atoms with Gasteiger partial charge in [0.25, 0.3) is 0 Å². The smallest absolute Gasteiger partial charge is 0.171 e. The number of aromatic nitrogens is 4. The van der Waals surface area contributed by atoms with Crippen LogP contribution in [0.2, 0.25) is 0 Å². The number of hydrogen-bond donors (Lipinski definition) is 1. The van der Waals surface area contributed by atoms with Crippen molar-refractivity contribution in [2.75, 3.05) is 38.4 Å². The fraction of sp³-hybridized carbons (Fsp3) is 0.381. The molecule has 0 aromatic carbocycles. The first-order valence-electron chi connectivity index (χ1n) is 9.87. The topological polar surface area (TPSA) is 107 Å². The van der Waals surface area contributed by atoms with E-state index in [1.54, 1.807) is 23.0 Å². The molecule has 0 unspecified atom stereocenters. The highest BCUT2D eigenvalue weighted by Gasteiger charge is 2.19. The van der Waals surface area contributed by atoms with Gasteiger partial charge in [-0.1, -0.05) is 0 Å². The molecule has 1 N–H and O–H groups in total. The van der Waals surface area contributed by atoms with Crippen molar-refractivity contribution < 1.29 is 14.2 Å². The van der Waals surface area contributed by atoms with E-state index in [-0.39, 0.29) is 6.04 Å². The number of hydrogen-bond acceptors (Lipinski definition) is 8. The minimum absolute atomic E-state index is 0.256. The van der Waals surface area contributed by atoms with Crippen LogP contribution in [0, 0.1) is 18.3 Å². The normalized spacial score (nSPS) is 14.5. The zero-order valence-corrected chi connectivity index (χ0v) is 16.6. The first kappa shape index (κ1) is 20.1. The fourth-order valence-electron chi connectivity index (χ4n) is 3.25. The number of imidazole rings is 1. The molecular weight excluding hydrogens is 384 g/mol. The van der Waals surface area contributed by atoms with Crippen LogP contribution in [-0.2, 0) is 9.47 Å². The third-order valence-corrected chi connectivity index (χ3v) is 4.80. The van der Waals surface area contributed by atoms with Crippen LogP contribution in [0.4, 0.5) is 5.82 Å². The summed E-state index contributed by atoms with van der Waals surface area (Å²) in [6.45, 7) is 6.34. The second kappa shape index (κ2) is 9.52. The summed E-state index contributed by atoms with van der Waals surface area (Å²) in [5.41, 5.74) is 1.84. The second-order valence-corrected chi connectivity index (χ2v) is 6.80. The molecule has 1 aliphatic rings. The zero-order valence-electron chi connectivity index (χ0n) is 16.6. The molecule has 30 heavy (non-hydrogen) atoms. The van der Waals surface area contributed by atoms with E-state index in [0.29, 0.717) is 53.9 Å². The fourth-order valence-corrected chi connectivity index (χ4v) is 3.25. The van der Waals surface area contributed by atoms with Gasteiger partial charge in [-0.3, -0.25) is 4.57 Å². The Bertz CT molecular complexity index is 1020. The number of rotatable bonds is 8. The molecule has 4 rings (SSSR count). The van der Waals surface area contributed by atoms with Crippen molar-refractivity contribution in [2.45, 2.75) is 18.9 Å². The van der Waals surface area contributed by atoms with Crippen LogP contribution in [0.1, 0.15) is 18.4 Å². The molecule has 9 heteroatoms. The van der Waals surface area contributed by atoms with Gasteiger partial charge in [-0.15, -0.1) is 0 Å². The Labute approximate surface area is 174 Å². The van der Waals surface area contributed by atoms with E-state index in [1.807, 2.05) is 6.07 Å². The highest BCUT2D eigenvalue weighted by atomic mass is 16.5. The third kappa shape index (κ3) is 4.50. The molecule has 155 valence electrons. The first-order chi connectivity index (χ1) is 14.8.